The summed E-state index contributed by atoms with van der Waals surface area (Å²) in [5.41, 5.74) is 3.86. The van der Waals surface area contributed by atoms with Crippen LogP contribution in [0.4, 0.5) is 0 Å². The molecular weight excluding hydrogens is 412 g/mol. The normalized spacial score (nSPS) is 11.6. The van der Waals surface area contributed by atoms with Gasteiger partial charge in [-0.2, -0.15) is 5.10 Å². The first-order valence-electron chi connectivity index (χ1n) is 10.2. The lowest BCUT2D eigenvalue weighted by molar-refractivity contribution is -0.139. The highest BCUT2D eigenvalue weighted by Crippen LogP contribution is 2.13. The molecule has 0 heterocycles. The molecule has 3 N–H and O–H groups in total. The summed E-state index contributed by atoms with van der Waals surface area (Å²) in [4.78, 5) is 35.3. The third-order valence-electron chi connectivity index (χ3n) is 4.32. The second kappa shape index (κ2) is 13.6. The van der Waals surface area contributed by atoms with Gasteiger partial charge in [0.25, 0.3) is 5.91 Å². The van der Waals surface area contributed by atoms with Crippen molar-refractivity contribution in [2.24, 2.45) is 5.10 Å². The van der Waals surface area contributed by atoms with Crippen LogP contribution in [0.3, 0.4) is 0 Å². The predicted molar refractivity (Wildman–Crippen MR) is 120 cm³/mol. The van der Waals surface area contributed by atoms with Crippen molar-refractivity contribution in [2.75, 3.05) is 26.9 Å². The maximum atomic E-state index is 12.1. The van der Waals surface area contributed by atoms with E-state index in [1.165, 1.54) is 6.21 Å². The van der Waals surface area contributed by atoms with Gasteiger partial charge in [-0.1, -0.05) is 30.3 Å². The van der Waals surface area contributed by atoms with Crippen LogP contribution < -0.4 is 20.8 Å². The van der Waals surface area contributed by atoms with Crippen molar-refractivity contribution in [3.05, 3.63) is 65.7 Å². The zero-order valence-corrected chi connectivity index (χ0v) is 18.2. The molecule has 0 saturated carbocycles. The number of carbonyl (C=O) groups excluding carboxylic acids is 3. The summed E-state index contributed by atoms with van der Waals surface area (Å²) in [6, 6.07) is 16.3. The van der Waals surface area contributed by atoms with Crippen LogP contribution in [0.15, 0.2) is 59.7 Å². The lowest BCUT2D eigenvalue weighted by atomic mass is 10.1. The van der Waals surface area contributed by atoms with Gasteiger partial charge in [-0.15, -0.1) is 0 Å². The number of rotatable bonds is 11. The Kier molecular flexibility index (Phi) is 10.4. The van der Waals surface area contributed by atoms with Crippen LogP contribution >= 0.6 is 0 Å². The summed E-state index contributed by atoms with van der Waals surface area (Å²) in [7, 11) is 1.56. The molecule has 9 nitrogen and oxygen atoms in total. The van der Waals surface area contributed by atoms with E-state index in [4.69, 9.17) is 9.47 Å². The van der Waals surface area contributed by atoms with Crippen molar-refractivity contribution < 1.29 is 23.9 Å². The number of benzene rings is 2. The molecule has 1 atom stereocenters. The van der Waals surface area contributed by atoms with E-state index in [1.54, 1.807) is 31.4 Å². The Morgan fingerprint density at radius 2 is 1.75 bits per heavy atom. The standard InChI is InChI=1S/C23H28N4O5/c1-17(19-7-4-3-5-8-19)26-21(28)16-32-20-11-9-18(10-12-20)15-25-27-23(30)22(29)24-13-6-14-31-2/h3-5,7-12,15,17H,6,13-14,16H2,1-2H3,(H,24,29)(H,26,28)(H,27,30)/b25-15-/t17-/m0/s1. The summed E-state index contributed by atoms with van der Waals surface area (Å²) >= 11 is 0. The van der Waals surface area contributed by atoms with Crippen LogP contribution in [0, 0.1) is 0 Å². The molecule has 9 heteroatoms. The van der Waals surface area contributed by atoms with Gasteiger partial charge in [0, 0.05) is 20.3 Å². The number of hydrogen-bond donors (Lipinski definition) is 3. The van der Waals surface area contributed by atoms with Crippen LogP contribution in [0.5, 0.6) is 5.75 Å². The maximum absolute atomic E-state index is 12.1. The Balaban J connectivity index is 1.71. The number of nitrogens with one attached hydrogen (secondary N) is 3. The van der Waals surface area contributed by atoms with Crippen molar-refractivity contribution in [3.8, 4) is 5.75 Å². The summed E-state index contributed by atoms with van der Waals surface area (Å²) < 4.78 is 10.4. The third-order valence-corrected chi connectivity index (χ3v) is 4.32. The predicted octanol–water partition coefficient (Wildman–Crippen LogP) is 1.55. The van der Waals surface area contributed by atoms with Crippen LogP contribution in [0.2, 0.25) is 0 Å². The number of methoxy groups -OCH3 is 1. The molecule has 0 unspecified atom stereocenters. The molecule has 2 aromatic carbocycles. The average molecular weight is 441 g/mol. The Bertz CT molecular complexity index is 900. The Hall–Kier alpha value is -3.72. The first-order chi connectivity index (χ1) is 15.5. The molecule has 3 amide bonds. The molecule has 0 fully saturated rings. The second-order valence-corrected chi connectivity index (χ2v) is 6.86. The molecule has 2 aromatic rings. The van der Waals surface area contributed by atoms with Gasteiger partial charge in [-0.05, 0) is 48.7 Å². The zero-order valence-electron chi connectivity index (χ0n) is 18.2. The molecule has 0 aliphatic carbocycles. The highest BCUT2D eigenvalue weighted by atomic mass is 16.5. The fourth-order valence-corrected chi connectivity index (χ4v) is 2.62. The van der Waals surface area contributed by atoms with Crippen molar-refractivity contribution >= 4 is 23.9 Å². The number of ether oxygens (including phenoxy) is 2. The topological polar surface area (TPSA) is 118 Å². The van der Waals surface area contributed by atoms with Crippen molar-refractivity contribution in [3.63, 3.8) is 0 Å². The van der Waals surface area contributed by atoms with Gasteiger partial charge in [0.2, 0.25) is 0 Å². The summed E-state index contributed by atoms with van der Waals surface area (Å²) in [6.45, 7) is 2.64. The molecule has 0 saturated heterocycles. The van der Waals surface area contributed by atoms with E-state index in [0.29, 0.717) is 30.9 Å². The van der Waals surface area contributed by atoms with Crippen LogP contribution in [-0.4, -0.2) is 50.8 Å². The van der Waals surface area contributed by atoms with Crippen LogP contribution in [-0.2, 0) is 19.1 Å². The minimum Gasteiger partial charge on any atom is -0.484 e. The molecule has 0 radical (unpaired) electrons. The molecule has 0 spiro atoms. The van der Waals surface area contributed by atoms with Crippen LogP contribution in [0.25, 0.3) is 0 Å². The van der Waals surface area contributed by atoms with Crippen molar-refractivity contribution in [1.29, 1.82) is 0 Å². The maximum Gasteiger partial charge on any atom is 0.329 e. The van der Waals surface area contributed by atoms with Crippen molar-refractivity contribution in [2.45, 2.75) is 19.4 Å². The third kappa shape index (κ3) is 8.97. The van der Waals surface area contributed by atoms with Gasteiger partial charge in [0.05, 0.1) is 12.3 Å². The number of amides is 3. The van der Waals surface area contributed by atoms with E-state index in [1.807, 2.05) is 37.3 Å². The van der Waals surface area contributed by atoms with E-state index in [0.717, 1.165) is 5.56 Å². The monoisotopic (exact) mass is 440 g/mol. The smallest absolute Gasteiger partial charge is 0.329 e. The van der Waals surface area contributed by atoms with Gasteiger partial charge in [-0.25, -0.2) is 5.43 Å². The first kappa shape index (κ1) is 24.5. The SMILES string of the molecule is COCCCNC(=O)C(=O)N/N=C\c1ccc(OCC(=O)N[C@@H](C)c2ccccc2)cc1. The second-order valence-electron chi connectivity index (χ2n) is 6.86. The Morgan fingerprint density at radius 1 is 1.03 bits per heavy atom. The molecular formula is C23H28N4O5. The van der Waals surface area contributed by atoms with E-state index in [9.17, 15) is 14.4 Å². The molecule has 0 aliphatic heterocycles. The first-order valence-corrected chi connectivity index (χ1v) is 10.2. The van der Waals surface area contributed by atoms with Gasteiger partial charge < -0.3 is 20.1 Å². The average Bonchev–Trinajstić information content (AvgIpc) is 2.81. The van der Waals surface area contributed by atoms with Gasteiger partial charge in [0.15, 0.2) is 6.61 Å². The zero-order chi connectivity index (χ0) is 23.2. The molecule has 0 aliphatic rings. The Morgan fingerprint density at radius 3 is 2.44 bits per heavy atom. The summed E-state index contributed by atoms with van der Waals surface area (Å²) in [6.07, 6.45) is 2.01. The van der Waals surface area contributed by atoms with E-state index >= 15 is 0 Å². The van der Waals surface area contributed by atoms with Gasteiger partial charge in [0.1, 0.15) is 5.75 Å². The number of hydrogen-bond acceptors (Lipinski definition) is 6. The molecule has 0 bridgehead atoms. The number of hydrazone groups is 1. The summed E-state index contributed by atoms with van der Waals surface area (Å²) in [5, 5.41) is 9.10. The number of nitrogens with zero attached hydrogens (tertiary/aromatic N) is 1. The highest BCUT2D eigenvalue weighted by molar-refractivity contribution is 6.35. The Labute approximate surface area is 187 Å². The van der Waals surface area contributed by atoms with Crippen molar-refractivity contribution in [1.82, 2.24) is 16.1 Å². The van der Waals surface area contributed by atoms with E-state index < -0.39 is 11.8 Å². The van der Waals surface area contributed by atoms with Gasteiger partial charge >= 0.3 is 11.8 Å². The molecule has 0 aromatic heterocycles. The highest BCUT2D eigenvalue weighted by Gasteiger charge is 2.11. The quantitative estimate of drug-likeness (QED) is 0.212. The lowest BCUT2D eigenvalue weighted by Crippen LogP contribution is -2.38. The van der Waals surface area contributed by atoms with E-state index in [-0.39, 0.29) is 18.6 Å². The van der Waals surface area contributed by atoms with Crippen LogP contribution in [0.1, 0.15) is 30.5 Å². The largest absolute Gasteiger partial charge is 0.484 e. The minimum absolute atomic E-state index is 0.111. The fraction of sp³-hybridized carbons (Fsp3) is 0.304. The van der Waals surface area contributed by atoms with E-state index in [2.05, 4.69) is 21.2 Å². The molecule has 32 heavy (non-hydrogen) atoms. The summed E-state index contributed by atoms with van der Waals surface area (Å²) in [5.74, 6) is -1.32. The molecule has 170 valence electrons. The molecule has 2 rings (SSSR count). The number of carbonyl (C=O) groups is 3. The van der Waals surface area contributed by atoms with Gasteiger partial charge in [-0.3, -0.25) is 14.4 Å². The fourth-order valence-electron chi connectivity index (χ4n) is 2.62. The lowest BCUT2D eigenvalue weighted by Gasteiger charge is -2.14. The minimum atomic E-state index is -0.852.